The predicted octanol–water partition coefficient (Wildman–Crippen LogP) is 3.22. The summed E-state index contributed by atoms with van der Waals surface area (Å²) in [6.45, 7) is 7.49. The summed E-state index contributed by atoms with van der Waals surface area (Å²) in [5.74, 6) is 1.10. The maximum atomic E-state index is 12.5. The van der Waals surface area contributed by atoms with Gasteiger partial charge in [-0.05, 0) is 32.9 Å². The zero-order valence-corrected chi connectivity index (χ0v) is 15.5. The van der Waals surface area contributed by atoms with Crippen molar-refractivity contribution in [2.75, 3.05) is 18.5 Å². The molecule has 3 rings (SSSR count). The number of urea groups is 1. The number of nitrogens with one attached hydrogen (secondary N) is 1. The quantitative estimate of drug-likeness (QED) is 0.806. The molecule has 128 valence electrons. The van der Waals surface area contributed by atoms with Gasteiger partial charge in [-0.25, -0.2) is 14.5 Å². The average molecular weight is 394 g/mol. The number of aromatic nitrogens is 3. The van der Waals surface area contributed by atoms with Crippen molar-refractivity contribution in [3.05, 3.63) is 34.6 Å². The van der Waals surface area contributed by atoms with E-state index in [9.17, 15) is 4.79 Å². The molecule has 24 heavy (non-hydrogen) atoms. The highest BCUT2D eigenvalue weighted by Crippen LogP contribution is 2.27. The zero-order valence-electron chi connectivity index (χ0n) is 13.9. The number of hydrogen-bond donors (Lipinski definition) is 1. The number of hydrogen-bond acceptors (Lipinski definition) is 4. The van der Waals surface area contributed by atoms with Crippen LogP contribution in [0.5, 0.6) is 5.75 Å². The molecule has 0 bridgehead atoms. The van der Waals surface area contributed by atoms with Gasteiger partial charge < -0.3 is 9.64 Å². The Morgan fingerprint density at radius 1 is 1.38 bits per heavy atom. The van der Waals surface area contributed by atoms with E-state index < -0.39 is 0 Å². The first-order chi connectivity index (χ1) is 11.3. The van der Waals surface area contributed by atoms with Gasteiger partial charge in [-0.15, -0.1) is 5.10 Å². The first kappa shape index (κ1) is 16.8. The van der Waals surface area contributed by atoms with E-state index >= 15 is 0 Å². The van der Waals surface area contributed by atoms with Gasteiger partial charge in [-0.2, -0.15) is 0 Å². The van der Waals surface area contributed by atoms with Crippen LogP contribution in [0.25, 0.3) is 0 Å². The van der Waals surface area contributed by atoms with Gasteiger partial charge in [0.25, 0.3) is 0 Å². The Kier molecular flexibility index (Phi) is 4.49. The van der Waals surface area contributed by atoms with Crippen molar-refractivity contribution in [3.63, 3.8) is 0 Å². The van der Waals surface area contributed by atoms with E-state index in [0.717, 1.165) is 15.8 Å². The van der Waals surface area contributed by atoms with Crippen LogP contribution in [-0.2, 0) is 12.1 Å². The number of amides is 2. The molecule has 0 saturated carbocycles. The maximum absolute atomic E-state index is 12.5. The Morgan fingerprint density at radius 3 is 2.88 bits per heavy atom. The molecule has 0 radical (unpaired) electrons. The number of nitrogens with zero attached hydrogens (tertiary/aromatic N) is 4. The molecule has 7 nitrogen and oxygen atoms in total. The largest absolute Gasteiger partial charge is 0.491 e. The summed E-state index contributed by atoms with van der Waals surface area (Å²) in [5.41, 5.74) is 0.790. The Morgan fingerprint density at radius 2 is 2.17 bits per heavy atom. The second kappa shape index (κ2) is 6.43. The van der Waals surface area contributed by atoms with Crippen LogP contribution in [-0.4, -0.2) is 38.8 Å². The van der Waals surface area contributed by atoms with Crippen LogP contribution < -0.4 is 10.1 Å². The van der Waals surface area contributed by atoms with Gasteiger partial charge in [-0.3, -0.25) is 5.32 Å². The lowest BCUT2D eigenvalue weighted by atomic mass is 10.1. The van der Waals surface area contributed by atoms with Gasteiger partial charge in [-0.1, -0.05) is 22.0 Å². The third kappa shape index (κ3) is 3.69. The Bertz CT molecular complexity index is 753. The van der Waals surface area contributed by atoms with Crippen molar-refractivity contribution in [3.8, 4) is 5.75 Å². The number of anilines is 1. The summed E-state index contributed by atoms with van der Waals surface area (Å²) in [6, 6.07) is 5.58. The molecule has 1 aliphatic rings. The first-order valence-corrected chi connectivity index (χ1v) is 8.51. The molecule has 0 spiro atoms. The molecular formula is C16H20BrN5O2. The van der Waals surface area contributed by atoms with Crippen molar-refractivity contribution in [2.45, 2.75) is 32.9 Å². The predicted molar refractivity (Wildman–Crippen MR) is 94.1 cm³/mol. The Balaban J connectivity index is 1.71. The van der Waals surface area contributed by atoms with Crippen molar-refractivity contribution >= 4 is 27.9 Å². The second-order valence-corrected chi connectivity index (χ2v) is 7.55. The molecule has 1 aliphatic heterocycles. The molecule has 0 aliphatic carbocycles. The van der Waals surface area contributed by atoms with Gasteiger partial charge in [0.2, 0.25) is 5.95 Å². The van der Waals surface area contributed by atoms with Gasteiger partial charge in [0.15, 0.2) is 0 Å². The molecule has 0 fully saturated rings. The van der Waals surface area contributed by atoms with Crippen LogP contribution in [0.4, 0.5) is 10.7 Å². The normalized spacial score (nSPS) is 14.6. The Hall–Kier alpha value is -2.09. The smallest absolute Gasteiger partial charge is 0.324 e. The van der Waals surface area contributed by atoms with Crippen LogP contribution in [0, 0.1) is 0 Å². The molecule has 1 aromatic carbocycles. The fourth-order valence-corrected chi connectivity index (χ4v) is 2.68. The lowest BCUT2D eigenvalue weighted by Gasteiger charge is -2.20. The second-order valence-electron chi connectivity index (χ2n) is 6.64. The number of benzene rings is 1. The van der Waals surface area contributed by atoms with E-state index in [1.54, 1.807) is 15.9 Å². The Labute approximate surface area is 149 Å². The van der Waals surface area contributed by atoms with Gasteiger partial charge in [0.05, 0.1) is 18.6 Å². The fourth-order valence-electron chi connectivity index (χ4n) is 2.34. The van der Waals surface area contributed by atoms with Crippen molar-refractivity contribution in [1.29, 1.82) is 0 Å². The third-order valence-electron chi connectivity index (χ3n) is 3.69. The number of halogens is 1. The lowest BCUT2D eigenvalue weighted by Crippen LogP contribution is -2.36. The minimum Gasteiger partial charge on any atom is -0.491 e. The first-order valence-electron chi connectivity index (χ1n) is 7.72. The van der Waals surface area contributed by atoms with E-state index in [1.807, 2.05) is 39.0 Å². The van der Waals surface area contributed by atoms with Crippen molar-refractivity contribution in [1.82, 2.24) is 19.7 Å². The maximum Gasteiger partial charge on any atom is 0.324 e. The summed E-state index contributed by atoms with van der Waals surface area (Å²) in [4.78, 5) is 18.4. The molecule has 2 amide bonds. The molecule has 0 unspecified atom stereocenters. The number of fused-ring (bicyclic) bond motifs is 1. The number of carbonyl (C=O) groups excluding carboxylic acids is 1. The summed E-state index contributed by atoms with van der Waals surface area (Å²) in [5, 5.41) is 7.06. The van der Waals surface area contributed by atoms with E-state index in [0.29, 0.717) is 25.6 Å². The standard InChI is InChI=1S/C16H20BrN5O2/c1-16(2,3)22-10-18-14(20-22)19-15(23)21-6-7-24-13-8-12(17)5-4-11(13)9-21/h4-5,8,10H,6-7,9H2,1-3H3,(H,19,20,23). The van der Waals surface area contributed by atoms with Crippen LogP contribution in [0.1, 0.15) is 26.3 Å². The average Bonchev–Trinajstić information content (AvgIpc) is 2.87. The van der Waals surface area contributed by atoms with E-state index in [2.05, 4.69) is 31.3 Å². The molecule has 8 heteroatoms. The summed E-state index contributed by atoms with van der Waals surface area (Å²) >= 11 is 3.43. The minimum atomic E-state index is -0.235. The highest BCUT2D eigenvalue weighted by Gasteiger charge is 2.22. The monoisotopic (exact) mass is 393 g/mol. The minimum absolute atomic E-state index is 0.182. The van der Waals surface area contributed by atoms with E-state index in [1.165, 1.54) is 0 Å². The van der Waals surface area contributed by atoms with Crippen molar-refractivity contribution < 1.29 is 9.53 Å². The summed E-state index contributed by atoms with van der Waals surface area (Å²) < 4.78 is 8.40. The molecular weight excluding hydrogens is 374 g/mol. The van der Waals surface area contributed by atoms with Crippen molar-refractivity contribution in [2.24, 2.45) is 0 Å². The summed E-state index contributed by atoms with van der Waals surface area (Å²) in [7, 11) is 0. The van der Waals surface area contributed by atoms with E-state index in [-0.39, 0.29) is 11.6 Å². The molecule has 2 heterocycles. The SMILES string of the molecule is CC(C)(C)n1cnc(NC(=O)N2CCOc3cc(Br)ccc3C2)n1. The van der Waals surface area contributed by atoms with E-state index in [4.69, 9.17) is 4.74 Å². The lowest BCUT2D eigenvalue weighted by molar-refractivity contribution is 0.200. The van der Waals surface area contributed by atoms with Crippen LogP contribution in [0.3, 0.4) is 0 Å². The topological polar surface area (TPSA) is 72.3 Å². The highest BCUT2D eigenvalue weighted by molar-refractivity contribution is 9.10. The van der Waals surface area contributed by atoms with Gasteiger partial charge in [0, 0.05) is 10.0 Å². The van der Waals surface area contributed by atoms with Crippen LogP contribution in [0.15, 0.2) is 29.0 Å². The number of carbonyl (C=O) groups is 1. The molecule has 1 N–H and O–H groups in total. The molecule has 0 saturated heterocycles. The summed E-state index contributed by atoms with van der Waals surface area (Å²) in [6.07, 6.45) is 1.62. The fraction of sp³-hybridized carbons (Fsp3) is 0.438. The molecule has 1 aromatic heterocycles. The molecule has 2 aromatic rings. The zero-order chi connectivity index (χ0) is 17.3. The number of ether oxygens (including phenoxy) is 1. The number of rotatable bonds is 1. The van der Waals surface area contributed by atoms with Crippen LogP contribution in [0.2, 0.25) is 0 Å². The highest BCUT2D eigenvalue weighted by atomic mass is 79.9. The molecule has 0 atom stereocenters. The third-order valence-corrected chi connectivity index (χ3v) is 4.19. The van der Waals surface area contributed by atoms with Gasteiger partial charge in [0.1, 0.15) is 18.7 Å². The van der Waals surface area contributed by atoms with Gasteiger partial charge >= 0.3 is 6.03 Å². The van der Waals surface area contributed by atoms with Crippen LogP contribution >= 0.6 is 15.9 Å².